The second-order valence-electron chi connectivity index (χ2n) is 3.84. The third-order valence-corrected chi connectivity index (χ3v) is 2.73. The lowest BCUT2D eigenvalue weighted by molar-refractivity contribution is 0.0916. The van der Waals surface area contributed by atoms with Crippen molar-refractivity contribution in [3.8, 4) is 0 Å². The number of hydrogen-bond acceptors (Lipinski definition) is 3. The molecule has 4 heteroatoms. The number of pyridine rings is 1. The molecule has 1 fully saturated rings. The molecule has 1 saturated carbocycles. The first kappa shape index (κ1) is 10.1. The summed E-state index contributed by atoms with van der Waals surface area (Å²) in [6.45, 7) is 0.366. The first-order valence-electron chi connectivity index (χ1n) is 5.25. The number of nitrogens with one attached hydrogen (secondary N) is 1. The molecule has 0 spiro atoms. The Morgan fingerprint density at radius 3 is 3.00 bits per heavy atom. The van der Waals surface area contributed by atoms with E-state index in [1.807, 2.05) is 0 Å². The summed E-state index contributed by atoms with van der Waals surface area (Å²) >= 11 is 0. The van der Waals surface area contributed by atoms with Crippen molar-refractivity contribution < 1.29 is 4.79 Å². The largest absolute Gasteiger partial charge is 0.349 e. The molecule has 0 bridgehead atoms. The van der Waals surface area contributed by atoms with Gasteiger partial charge in [-0.15, -0.1) is 0 Å². The van der Waals surface area contributed by atoms with Crippen molar-refractivity contribution in [2.45, 2.75) is 31.8 Å². The van der Waals surface area contributed by atoms with Crippen molar-refractivity contribution in [1.29, 1.82) is 0 Å². The van der Waals surface area contributed by atoms with Gasteiger partial charge in [-0.05, 0) is 31.4 Å². The lowest BCUT2D eigenvalue weighted by Crippen LogP contribution is -2.39. The molecule has 4 nitrogen and oxygen atoms in total. The number of hydrogen-bond donors (Lipinski definition) is 2. The second-order valence-corrected chi connectivity index (χ2v) is 3.84. The molecule has 2 rings (SSSR count). The predicted molar refractivity (Wildman–Crippen MR) is 57.2 cm³/mol. The van der Waals surface area contributed by atoms with Crippen LogP contribution in [0.5, 0.6) is 0 Å². The third-order valence-electron chi connectivity index (χ3n) is 2.73. The molecule has 1 aliphatic rings. The van der Waals surface area contributed by atoms with Crippen LogP contribution in [0.1, 0.15) is 35.3 Å². The van der Waals surface area contributed by atoms with Gasteiger partial charge in [0.05, 0.1) is 5.69 Å². The maximum Gasteiger partial charge on any atom is 0.251 e. The monoisotopic (exact) mass is 205 g/mol. The molecule has 0 radical (unpaired) electrons. The highest BCUT2D eigenvalue weighted by Crippen LogP contribution is 2.18. The highest BCUT2D eigenvalue weighted by atomic mass is 16.1. The van der Waals surface area contributed by atoms with E-state index in [1.165, 1.54) is 6.42 Å². The number of rotatable bonds is 3. The Morgan fingerprint density at radius 2 is 2.40 bits per heavy atom. The van der Waals surface area contributed by atoms with Crippen LogP contribution in [0.25, 0.3) is 0 Å². The van der Waals surface area contributed by atoms with Crippen LogP contribution in [0.3, 0.4) is 0 Å². The summed E-state index contributed by atoms with van der Waals surface area (Å²) in [6, 6.07) is 3.83. The molecule has 1 amide bonds. The Labute approximate surface area is 88.9 Å². The highest BCUT2D eigenvalue weighted by Gasteiger charge is 2.19. The van der Waals surface area contributed by atoms with Crippen LogP contribution in [0, 0.1) is 0 Å². The van der Waals surface area contributed by atoms with Gasteiger partial charge in [0.1, 0.15) is 0 Å². The van der Waals surface area contributed by atoms with Crippen LogP contribution in [-0.2, 0) is 6.54 Å². The molecule has 1 aliphatic carbocycles. The molecule has 3 N–H and O–H groups in total. The van der Waals surface area contributed by atoms with Gasteiger partial charge in [-0.25, -0.2) is 0 Å². The van der Waals surface area contributed by atoms with E-state index in [0.717, 1.165) is 18.5 Å². The third kappa shape index (κ3) is 2.33. The normalized spacial score (nSPS) is 15.8. The Kier molecular flexibility index (Phi) is 2.97. The summed E-state index contributed by atoms with van der Waals surface area (Å²) in [7, 11) is 0. The highest BCUT2D eigenvalue weighted by molar-refractivity contribution is 5.94. The Hall–Kier alpha value is -1.42. The lowest BCUT2D eigenvalue weighted by atomic mass is 9.93. The molecule has 1 aromatic rings. The van der Waals surface area contributed by atoms with Gasteiger partial charge in [-0.3, -0.25) is 9.78 Å². The average molecular weight is 205 g/mol. The zero-order valence-electron chi connectivity index (χ0n) is 8.57. The fourth-order valence-electron chi connectivity index (χ4n) is 1.55. The number of carbonyl (C=O) groups excluding carboxylic acids is 1. The average Bonchev–Trinajstić information content (AvgIpc) is 2.23. The fraction of sp³-hybridized carbons (Fsp3) is 0.455. The number of aromatic nitrogens is 1. The first-order chi connectivity index (χ1) is 7.29. The van der Waals surface area contributed by atoms with Crippen LogP contribution in [0.2, 0.25) is 0 Å². The van der Waals surface area contributed by atoms with Crippen LogP contribution in [-0.4, -0.2) is 16.9 Å². The Morgan fingerprint density at radius 1 is 1.60 bits per heavy atom. The number of carbonyl (C=O) groups is 1. The molecule has 15 heavy (non-hydrogen) atoms. The maximum atomic E-state index is 11.7. The summed E-state index contributed by atoms with van der Waals surface area (Å²) in [4.78, 5) is 15.8. The summed E-state index contributed by atoms with van der Waals surface area (Å²) in [6.07, 6.45) is 5.04. The van der Waals surface area contributed by atoms with Crippen LogP contribution in [0.4, 0.5) is 0 Å². The zero-order chi connectivity index (χ0) is 10.7. The van der Waals surface area contributed by atoms with E-state index in [2.05, 4.69) is 10.3 Å². The van der Waals surface area contributed by atoms with Gasteiger partial charge < -0.3 is 11.1 Å². The van der Waals surface area contributed by atoms with Gasteiger partial charge in [0.2, 0.25) is 0 Å². The van der Waals surface area contributed by atoms with Crippen molar-refractivity contribution in [2.24, 2.45) is 5.73 Å². The number of nitrogens with zero attached hydrogens (tertiary/aromatic N) is 1. The molecular formula is C11H15N3O. The molecule has 0 aliphatic heterocycles. The van der Waals surface area contributed by atoms with Crippen molar-refractivity contribution in [3.63, 3.8) is 0 Å². The zero-order valence-corrected chi connectivity index (χ0v) is 8.57. The second kappa shape index (κ2) is 4.40. The van der Waals surface area contributed by atoms with Gasteiger partial charge in [0.25, 0.3) is 5.91 Å². The standard InChI is InChI=1S/C11H15N3O/c12-7-10-6-8(4-5-13-10)11(15)14-9-2-1-3-9/h4-6,9H,1-3,7,12H2,(H,14,15). The topological polar surface area (TPSA) is 68.0 Å². The van der Waals surface area contributed by atoms with Crippen LogP contribution < -0.4 is 11.1 Å². The van der Waals surface area contributed by atoms with E-state index in [1.54, 1.807) is 18.3 Å². The SMILES string of the molecule is NCc1cc(C(=O)NC2CCC2)ccn1. The van der Waals surface area contributed by atoms with Gasteiger partial charge in [-0.1, -0.05) is 0 Å². The van der Waals surface area contributed by atoms with Gasteiger partial charge in [0, 0.05) is 24.3 Å². The number of nitrogens with two attached hydrogens (primary N) is 1. The van der Waals surface area contributed by atoms with Gasteiger partial charge in [0.15, 0.2) is 0 Å². The smallest absolute Gasteiger partial charge is 0.251 e. The molecule has 80 valence electrons. The van der Waals surface area contributed by atoms with E-state index < -0.39 is 0 Å². The van der Waals surface area contributed by atoms with Crippen molar-refractivity contribution >= 4 is 5.91 Å². The van der Waals surface area contributed by atoms with E-state index in [0.29, 0.717) is 18.2 Å². The van der Waals surface area contributed by atoms with Gasteiger partial charge in [-0.2, -0.15) is 0 Å². The molecular weight excluding hydrogens is 190 g/mol. The Balaban J connectivity index is 2.03. The summed E-state index contributed by atoms with van der Waals surface area (Å²) in [5, 5.41) is 2.98. The van der Waals surface area contributed by atoms with Crippen molar-refractivity contribution in [2.75, 3.05) is 0 Å². The molecule has 0 saturated heterocycles. The fourth-order valence-corrected chi connectivity index (χ4v) is 1.55. The molecule has 0 unspecified atom stereocenters. The van der Waals surface area contributed by atoms with E-state index in [-0.39, 0.29) is 5.91 Å². The molecule has 0 aromatic carbocycles. The van der Waals surface area contributed by atoms with Crippen LogP contribution >= 0.6 is 0 Å². The van der Waals surface area contributed by atoms with Crippen LogP contribution in [0.15, 0.2) is 18.3 Å². The van der Waals surface area contributed by atoms with E-state index >= 15 is 0 Å². The summed E-state index contributed by atoms with van der Waals surface area (Å²) in [5.74, 6) is -0.0169. The van der Waals surface area contributed by atoms with Crippen molar-refractivity contribution in [1.82, 2.24) is 10.3 Å². The predicted octanol–water partition coefficient (Wildman–Crippen LogP) is 0.823. The first-order valence-corrected chi connectivity index (χ1v) is 5.25. The molecule has 1 heterocycles. The minimum absolute atomic E-state index is 0.0169. The van der Waals surface area contributed by atoms with Gasteiger partial charge >= 0.3 is 0 Å². The quantitative estimate of drug-likeness (QED) is 0.767. The summed E-state index contributed by atoms with van der Waals surface area (Å²) < 4.78 is 0. The van der Waals surface area contributed by atoms with Crippen molar-refractivity contribution in [3.05, 3.63) is 29.6 Å². The maximum absolute atomic E-state index is 11.7. The molecule has 1 aromatic heterocycles. The minimum Gasteiger partial charge on any atom is -0.349 e. The van der Waals surface area contributed by atoms with E-state index in [4.69, 9.17) is 5.73 Å². The van der Waals surface area contributed by atoms with E-state index in [9.17, 15) is 4.79 Å². The summed E-state index contributed by atoms with van der Waals surface area (Å²) in [5.41, 5.74) is 6.86. The minimum atomic E-state index is -0.0169. The molecule has 0 atom stereocenters. The number of amides is 1. The lowest BCUT2D eigenvalue weighted by Gasteiger charge is -2.26. The Bertz CT molecular complexity index is 361.